The normalized spacial score (nSPS) is 13.6. The number of carbonyl (C=O) groups excluding carboxylic acids is 1. The Kier molecular flexibility index (Phi) is 7.26. The number of fused-ring (bicyclic) bond motifs is 1. The highest BCUT2D eigenvalue weighted by Gasteiger charge is 2.31. The van der Waals surface area contributed by atoms with Crippen molar-refractivity contribution in [1.82, 2.24) is 15.0 Å². The molecule has 0 aliphatic carbocycles. The van der Waals surface area contributed by atoms with Crippen LogP contribution in [0.25, 0.3) is 43.9 Å². The van der Waals surface area contributed by atoms with Crippen LogP contribution in [0, 0.1) is 6.92 Å². The lowest BCUT2D eigenvalue weighted by Crippen LogP contribution is -2.27. The topological polar surface area (TPSA) is 92.7 Å². The number of hydrogen-bond donors (Lipinski definition) is 0. The molecule has 0 saturated carbocycles. The first-order valence-electron chi connectivity index (χ1n) is 14.3. The summed E-state index contributed by atoms with van der Waals surface area (Å²) in [6.45, 7) is 10.2. The van der Waals surface area contributed by atoms with Crippen LogP contribution >= 0.6 is 0 Å². The van der Waals surface area contributed by atoms with Crippen LogP contribution in [-0.4, -0.2) is 47.2 Å². The van der Waals surface area contributed by atoms with Gasteiger partial charge in [0.15, 0.2) is 5.78 Å². The number of rotatable bonds is 7. The number of methoxy groups -OCH3 is 2. The van der Waals surface area contributed by atoms with Gasteiger partial charge in [0.25, 0.3) is 0 Å². The molecule has 0 saturated heterocycles. The summed E-state index contributed by atoms with van der Waals surface area (Å²) in [4.78, 5) is 26.8. The predicted octanol–water partition coefficient (Wildman–Crippen LogP) is 7.22. The van der Waals surface area contributed by atoms with Gasteiger partial charge in [-0.25, -0.2) is 4.98 Å². The second-order valence-electron chi connectivity index (χ2n) is 11.8. The first kappa shape index (κ1) is 28.6. The summed E-state index contributed by atoms with van der Waals surface area (Å²) in [5.74, 6) is 1.19. The van der Waals surface area contributed by atoms with Gasteiger partial charge >= 0.3 is 6.01 Å². The second kappa shape index (κ2) is 10.9. The van der Waals surface area contributed by atoms with E-state index in [-0.39, 0.29) is 11.8 Å². The van der Waals surface area contributed by atoms with Gasteiger partial charge in [-0.2, -0.15) is 4.98 Å². The zero-order valence-corrected chi connectivity index (χ0v) is 25.6. The molecule has 3 aromatic carbocycles. The molecular weight excluding hydrogens is 542 g/mol. The Morgan fingerprint density at radius 2 is 1.81 bits per heavy atom. The van der Waals surface area contributed by atoms with E-state index in [1.807, 2.05) is 46.0 Å². The highest BCUT2D eigenvalue weighted by molar-refractivity contribution is 6.09. The number of aryl methyl sites for hydroxylation is 1. The van der Waals surface area contributed by atoms with Crippen molar-refractivity contribution in [3.63, 3.8) is 0 Å². The standard InChI is InChI=1S/C35H35N3O5/c1-19-16-23-17-22(26-18-37-34(41-7)38-33(26)40-6)8-9-24(23)30(28(19)32(20(2)39)43-35(3,4)5)25-10-11-27-29-21(13-15-42-27)12-14-36-31(25)29/h8-12,14,16-18,32H,13,15H2,1-7H3/t32-/m1/s1. The Morgan fingerprint density at radius 3 is 2.53 bits per heavy atom. The van der Waals surface area contributed by atoms with Crippen LogP contribution in [0.5, 0.6) is 17.6 Å². The monoisotopic (exact) mass is 577 g/mol. The van der Waals surface area contributed by atoms with Gasteiger partial charge in [-0.05, 0) is 97.5 Å². The van der Waals surface area contributed by atoms with Crippen LogP contribution < -0.4 is 14.2 Å². The summed E-state index contributed by atoms with van der Waals surface area (Å²) in [6.07, 6.45) is 3.61. The number of nitrogens with zero attached hydrogens (tertiary/aromatic N) is 3. The second-order valence-corrected chi connectivity index (χ2v) is 11.8. The van der Waals surface area contributed by atoms with Crippen LogP contribution in [0.2, 0.25) is 0 Å². The van der Waals surface area contributed by atoms with Crippen molar-refractivity contribution in [2.24, 2.45) is 0 Å². The quantitative estimate of drug-likeness (QED) is 0.200. The lowest BCUT2D eigenvalue weighted by Gasteiger charge is -2.30. The van der Waals surface area contributed by atoms with Crippen molar-refractivity contribution < 1.29 is 23.7 Å². The Morgan fingerprint density at radius 1 is 1.00 bits per heavy atom. The molecule has 0 spiro atoms. The van der Waals surface area contributed by atoms with Crippen LogP contribution in [0.4, 0.5) is 0 Å². The minimum absolute atomic E-state index is 0.0608. The van der Waals surface area contributed by atoms with E-state index in [1.165, 1.54) is 12.7 Å². The van der Waals surface area contributed by atoms with Crippen LogP contribution in [0.3, 0.4) is 0 Å². The molecule has 0 N–H and O–H groups in total. The van der Waals surface area contributed by atoms with Gasteiger partial charge in [-0.3, -0.25) is 9.78 Å². The third kappa shape index (κ3) is 5.16. The van der Waals surface area contributed by atoms with E-state index in [2.05, 4.69) is 40.3 Å². The first-order valence-corrected chi connectivity index (χ1v) is 14.3. The third-order valence-corrected chi connectivity index (χ3v) is 7.75. The summed E-state index contributed by atoms with van der Waals surface area (Å²) in [5, 5.41) is 2.97. The molecule has 0 bridgehead atoms. The van der Waals surface area contributed by atoms with Crippen molar-refractivity contribution in [2.75, 3.05) is 20.8 Å². The molecule has 1 aliphatic rings. The van der Waals surface area contributed by atoms with Crippen molar-refractivity contribution >= 4 is 27.5 Å². The molecule has 43 heavy (non-hydrogen) atoms. The molecule has 0 fully saturated rings. The predicted molar refractivity (Wildman–Crippen MR) is 167 cm³/mol. The zero-order valence-electron chi connectivity index (χ0n) is 25.6. The summed E-state index contributed by atoms with van der Waals surface area (Å²) in [7, 11) is 3.10. The molecule has 3 heterocycles. The number of ether oxygens (including phenoxy) is 4. The maximum absolute atomic E-state index is 13.3. The molecule has 5 aromatic rings. The van der Waals surface area contributed by atoms with Gasteiger partial charge in [0.1, 0.15) is 11.9 Å². The van der Waals surface area contributed by atoms with Crippen LogP contribution in [0.1, 0.15) is 50.5 Å². The van der Waals surface area contributed by atoms with E-state index in [1.54, 1.807) is 20.2 Å². The summed E-state index contributed by atoms with van der Waals surface area (Å²) in [5.41, 5.74) is 6.77. The molecular formula is C35H35N3O5. The summed E-state index contributed by atoms with van der Waals surface area (Å²) < 4.78 is 23.3. The number of hydrogen-bond acceptors (Lipinski definition) is 8. The molecule has 0 unspecified atom stereocenters. The van der Waals surface area contributed by atoms with Gasteiger partial charge in [-0.1, -0.05) is 18.2 Å². The van der Waals surface area contributed by atoms with Gasteiger partial charge < -0.3 is 18.9 Å². The fourth-order valence-electron chi connectivity index (χ4n) is 5.96. The molecule has 8 heteroatoms. The number of carbonyl (C=O) groups is 1. The minimum atomic E-state index is -0.767. The van der Waals surface area contributed by atoms with E-state index in [0.717, 1.165) is 67.2 Å². The Bertz CT molecular complexity index is 1880. The average molecular weight is 578 g/mol. The molecule has 0 radical (unpaired) electrons. The van der Waals surface area contributed by atoms with Crippen molar-refractivity contribution in [3.8, 4) is 39.9 Å². The highest BCUT2D eigenvalue weighted by atomic mass is 16.5. The third-order valence-electron chi connectivity index (χ3n) is 7.75. The van der Waals surface area contributed by atoms with E-state index < -0.39 is 11.7 Å². The van der Waals surface area contributed by atoms with Crippen LogP contribution in [0.15, 0.2) is 54.9 Å². The maximum atomic E-state index is 13.3. The number of benzene rings is 3. The minimum Gasteiger partial charge on any atom is -0.493 e. The molecule has 8 nitrogen and oxygen atoms in total. The van der Waals surface area contributed by atoms with E-state index >= 15 is 0 Å². The molecule has 220 valence electrons. The van der Waals surface area contributed by atoms with Gasteiger partial charge in [-0.15, -0.1) is 0 Å². The van der Waals surface area contributed by atoms with Crippen molar-refractivity contribution in [3.05, 3.63) is 71.5 Å². The lowest BCUT2D eigenvalue weighted by atomic mass is 9.84. The molecule has 1 aliphatic heterocycles. The largest absolute Gasteiger partial charge is 0.493 e. The van der Waals surface area contributed by atoms with E-state index in [4.69, 9.17) is 23.9 Å². The summed E-state index contributed by atoms with van der Waals surface area (Å²) >= 11 is 0. The smallest absolute Gasteiger partial charge is 0.319 e. The fourth-order valence-corrected chi connectivity index (χ4v) is 5.96. The molecule has 6 rings (SSSR count). The number of ketones is 1. The molecule has 1 atom stereocenters. The van der Waals surface area contributed by atoms with Gasteiger partial charge in [0, 0.05) is 29.8 Å². The van der Waals surface area contributed by atoms with Crippen molar-refractivity contribution in [2.45, 2.75) is 52.7 Å². The lowest BCUT2D eigenvalue weighted by molar-refractivity contribution is -0.138. The Labute approximate surface area is 251 Å². The van der Waals surface area contributed by atoms with E-state index in [9.17, 15) is 4.79 Å². The Balaban J connectivity index is 1.67. The van der Waals surface area contributed by atoms with Crippen molar-refractivity contribution in [1.29, 1.82) is 0 Å². The highest BCUT2D eigenvalue weighted by Crippen LogP contribution is 2.46. The fraction of sp³-hybridized carbons (Fsp3) is 0.314. The van der Waals surface area contributed by atoms with E-state index in [0.29, 0.717) is 12.5 Å². The zero-order chi connectivity index (χ0) is 30.5. The number of aromatic nitrogens is 3. The van der Waals surface area contributed by atoms with Crippen LogP contribution in [-0.2, 0) is 16.0 Å². The Hall–Kier alpha value is -4.56. The molecule has 2 aromatic heterocycles. The summed E-state index contributed by atoms with van der Waals surface area (Å²) in [6, 6.07) is 14.7. The van der Waals surface area contributed by atoms with Gasteiger partial charge in [0.05, 0.1) is 37.5 Å². The number of pyridine rings is 1. The maximum Gasteiger partial charge on any atom is 0.319 e. The number of Topliss-reactive ketones (excluding diaryl/α,β-unsaturated/α-hetero) is 1. The first-order chi connectivity index (χ1) is 20.6. The average Bonchev–Trinajstić information content (AvgIpc) is 2.99. The molecule has 0 amide bonds. The van der Waals surface area contributed by atoms with Gasteiger partial charge in [0.2, 0.25) is 5.88 Å². The SMILES string of the molecule is COc1ncc(-c2ccc3c(-c4ccc5c6c(ccnc46)CCO5)c([C@H](OC(C)(C)C)C(C)=O)c(C)cc3c2)c(OC)n1.